The molecule has 2 amide bonds. The minimum atomic E-state index is 0.236. The fourth-order valence-corrected chi connectivity index (χ4v) is 4.66. The second kappa shape index (κ2) is 20.3. The van der Waals surface area contributed by atoms with Crippen molar-refractivity contribution in [3.8, 4) is 0 Å². The second-order valence-electron chi connectivity index (χ2n) is 10.2. The highest BCUT2D eigenvalue weighted by atomic mass is 16.2. The summed E-state index contributed by atoms with van der Waals surface area (Å²) in [6.07, 6.45) is 11.0. The number of nitrogens with zero attached hydrogens (tertiary/aromatic N) is 2. The molecule has 0 heterocycles. The van der Waals surface area contributed by atoms with Gasteiger partial charge in [0.15, 0.2) is 0 Å². The van der Waals surface area contributed by atoms with Crippen LogP contribution in [0.5, 0.6) is 0 Å². The fraction of sp³-hybridized carbons (Fsp3) is 0.562. The van der Waals surface area contributed by atoms with Crippen molar-refractivity contribution < 1.29 is 9.59 Å². The molecule has 2 rings (SSSR count). The molecule has 6 nitrogen and oxygen atoms in total. The van der Waals surface area contributed by atoms with Crippen LogP contribution in [0.2, 0.25) is 0 Å². The van der Waals surface area contributed by atoms with Crippen LogP contribution in [0, 0.1) is 0 Å². The first-order valence-corrected chi connectivity index (χ1v) is 14.7. The first kappa shape index (κ1) is 31.5. The highest BCUT2D eigenvalue weighted by molar-refractivity contribution is 5.76. The molecule has 0 aromatic heterocycles. The number of benzene rings is 2. The molecule has 4 N–H and O–H groups in total. The third kappa shape index (κ3) is 13.7. The van der Waals surface area contributed by atoms with E-state index in [4.69, 9.17) is 11.5 Å². The zero-order chi connectivity index (χ0) is 27.3. The molecule has 0 unspecified atom stereocenters. The standard InChI is InChI=1S/C32H50N4O2/c33-23-13-5-11-21-31(37)35(27-29-17-7-3-8-18-29)25-15-1-2-16-26-36(28-30-19-9-4-10-20-30)32(38)22-12-6-14-24-34/h3-4,7-10,17-20H,1-2,5-6,11-16,21-28,33-34H2. The van der Waals surface area contributed by atoms with Crippen molar-refractivity contribution in [3.63, 3.8) is 0 Å². The van der Waals surface area contributed by atoms with Gasteiger partial charge < -0.3 is 21.3 Å². The monoisotopic (exact) mass is 522 g/mol. The highest BCUT2D eigenvalue weighted by Gasteiger charge is 2.15. The summed E-state index contributed by atoms with van der Waals surface area (Å²) in [5, 5.41) is 0. The van der Waals surface area contributed by atoms with Gasteiger partial charge in [-0.3, -0.25) is 9.59 Å². The lowest BCUT2D eigenvalue weighted by molar-refractivity contribution is -0.133. The molecular weight excluding hydrogens is 472 g/mol. The maximum absolute atomic E-state index is 12.9. The molecule has 210 valence electrons. The van der Waals surface area contributed by atoms with Gasteiger partial charge in [-0.15, -0.1) is 0 Å². The van der Waals surface area contributed by atoms with Gasteiger partial charge in [-0.05, 0) is 62.7 Å². The van der Waals surface area contributed by atoms with Crippen LogP contribution in [0.1, 0.15) is 88.2 Å². The van der Waals surface area contributed by atoms with Gasteiger partial charge in [0.1, 0.15) is 0 Å². The number of carbonyl (C=O) groups is 2. The van der Waals surface area contributed by atoms with Gasteiger partial charge in [-0.2, -0.15) is 0 Å². The number of hydrogen-bond acceptors (Lipinski definition) is 4. The maximum Gasteiger partial charge on any atom is 0.222 e. The summed E-state index contributed by atoms with van der Waals surface area (Å²) in [7, 11) is 0. The lowest BCUT2D eigenvalue weighted by Crippen LogP contribution is -2.32. The normalized spacial score (nSPS) is 10.9. The molecule has 0 saturated heterocycles. The molecule has 6 heteroatoms. The van der Waals surface area contributed by atoms with Gasteiger partial charge in [0.25, 0.3) is 0 Å². The molecule has 0 saturated carbocycles. The Morgan fingerprint density at radius 3 is 1.24 bits per heavy atom. The summed E-state index contributed by atoms with van der Waals surface area (Å²) < 4.78 is 0. The molecule has 0 fully saturated rings. The molecular formula is C32H50N4O2. The largest absolute Gasteiger partial charge is 0.338 e. The summed E-state index contributed by atoms with van der Waals surface area (Å²) in [4.78, 5) is 29.9. The van der Waals surface area contributed by atoms with Gasteiger partial charge >= 0.3 is 0 Å². The predicted octanol–water partition coefficient (Wildman–Crippen LogP) is 5.64. The Labute approximate surface area is 230 Å². The van der Waals surface area contributed by atoms with E-state index in [2.05, 4.69) is 24.3 Å². The van der Waals surface area contributed by atoms with Crippen LogP contribution in [-0.2, 0) is 22.7 Å². The Bertz CT molecular complexity index is 802. The maximum atomic E-state index is 12.9. The Morgan fingerprint density at radius 2 is 0.868 bits per heavy atom. The van der Waals surface area contributed by atoms with E-state index in [1.165, 1.54) is 11.1 Å². The number of carbonyl (C=O) groups excluding carboxylic acids is 2. The van der Waals surface area contributed by atoms with E-state index in [1.807, 2.05) is 46.2 Å². The number of rotatable bonds is 21. The van der Waals surface area contributed by atoms with Crippen LogP contribution in [0.15, 0.2) is 60.7 Å². The van der Waals surface area contributed by atoms with Crippen molar-refractivity contribution >= 4 is 11.8 Å². The molecule has 0 spiro atoms. The number of hydrogen-bond donors (Lipinski definition) is 2. The Morgan fingerprint density at radius 1 is 0.500 bits per heavy atom. The lowest BCUT2D eigenvalue weighted by Gasteiger charge is -2.24. The fourth-order valence-electron chi connectivity index (χ4n) is 4.66. The average Bonchev–Trinajstić information content (AvgIpc) is 2.94. The summed E-state index contributed by atoms with van der Waals surface area (Å²) in [5.74, 6) is 0.472. The predicted molar refractivity (Wildman–Crippen MR) is 157 cm³/mol. The SMILES string of the molecule is NCCCCCC(=O)N(CCCCCCN(Cc1ccccc1)C(=O)CCCCCN)Cc1ccccc1. The summed E-state index contributed by atoms with van der Waals surface area (Å²) in [6.45, 7) is 4.26. The van der Waals surface area contributed by atoms with Crippen LogP contribution >= 0.6 is 0 Å². The van der Waals surface area contributed by atoms with Gasteiger partial charge in [0, 0.05) is 39.0 Å². The topological polar surface area (TPSA) is 92.7 Å². The van der Waals surface area contributed by atoms with E-state index in [0.717, 1.165) is 77.3 Å². The molecule has 2 aromatic carbocycles. The average molecular weight is 523 g/mol. The zero-order valence-electron chi connectivity index (χ0n) is 23.4. The summed E-state index contributed by atoms with van der Waals surface area (Å²) in [6, 6.07) is 20.5. The van der Waals surface area contributed by atoms with Crippen LogP contribution in [0.4, 0.5) is 0 Å². The van der Waals surface area contributed by atoms with Crippen LogP contribution in [0.25, 0.3) is 0 Å². The van der Waals surface area contributed by atoms with Crippen LogP contribution < -0.4 is 11.5 Å². The molecule has 0 atom stereocenters. The Hall–Kier alpha value is -2.70. The van der Waals surface area contributed by atoms with E-state index in [9.17, 15) is 9.59 Å². The number of amides is 2. The van der Waals surface area contributed by atoms with Gasteiger partial charge in [-0.25, -0.2) is 0 Å². The molecule has 0 aliphatic rings. The molecule has 0 aliphatic heterocycles. The van der Waals surface area contributed by atoms with Crippen LogP contribution in [-0.4, -0.2) is 47.8 Å². The molecule has 0 aliphatic carbocycles. The van der Waals surface area contributed by atoms with E-state index in [1.54, 1.807) is 0 Å². The first-order valence-electron chi connectivity index (χ1n) is 14.7. The number of unbranched alkanes of at least 4 members (excludes halogenated alkanes) is 7. The number of nitrogens with two attached hydrogens (primary N) is 2. The van der Waals surface area contributed by atoms with Crippen molar-refractivity contribution in [2.75, 3.05) is 26.2 Å². The lowest BCUT2D eigenvalue weighted by atomic mass is 10.1. The molecule has 38 heavy (non-hydrogen) atoms. The first-order chi connectivity index (χ1) is 18.6. The summed E-state index contributed by atoms with van der Waals surface area (Å²) >= 11 is 0. The minimum Gasteiger partial charge on any atom is -0.338 e. The Kier molecular flexibility index (Phi) is 16.8. The van der Waals surface area contributed by atoms with Crippen molar-refractivity contribution in [1.82, 2.24) is 9.80 Å². The third-order valence-corrected chi connectivity index (χ3v) is 6.93. The summed E-state index contributed by atoms with van der Waals surface area (Å²) in [5.41, 5.74) is 13.5. The molecule has 0 bridgehead atoms. The van der Waals surface area contributed by atoms with Crippen molar-refractivity contribution in [2.45, 2.75) is 90.1 Å². The van der Waals surface area contributed by atoms with Crippen molar-refractivity contribution in [1.29, 1.82) is 0 Å². The molecule has 0 radical (unpaired) electrons. The minimum absolute atomic E-state index is 0.236. The van der Waals surface area contributed by atoms with Gasteiger partial charge in [-0.1, -0.05) is 86.3 Å². The Balaban J connectivity index is 1.80. The second-order valence-corrected chi connectivity index (χ2v) is 10.2. The van der Waals surface area contributed by atoms with Crippen molar-refractivity contribution in [3.05, 3.63) is 71.8 Å². The quantitative estimate of drug-likeness (QED) is 0.207. The van der Waals surface area contributed by atoms with E-state index in [0.29, 0.717) is 39.0 Å². The third-order valence-electron chi connectivity index (χ3n) is 6.93. The zero-order valence-corrected chi connectivity index (χ0v) is 23.4. The van der Waals surface area contributed by atoms with E-state index < -0.39 is 0 Å². The van der Waals surface area contributed by atoms with E-state index in [-0.39, 0.29) is 11.8 Å². The van der Waals surface area contributed by atoms with Crippen molar-refractivity contribution in [2.24, 2.45) is 11.5 Å². The highest BCUT2D eigenvalue weighted by Crippen LogP contribution is 2.14. The smallest absolute Gasteiger partial charge is 0.222 e. The molecule has 2 aromatic rings. The van der Waals surface area contributed by atoms with Crippen LogP contribution in [0.3, 0.4) is 0 Å². The van der Waals surface area contributed by atoms with Gasteiger partial charge in [0.2, 0.25) is 11.8 Å². The van der Waals surface area contributed by atoms with Gasteiger partial charge in [0.05, 0.1) is 0 Å². The van der Waals surface area contributed by atoms with E-state index >= 15 is 0 Å².